The van der Waals surface area contributed by atoms with Gasteiger partial charge in [0.1, 0.15) is 0 Å². The van der Waals surface area contributed by atoms with E-state index >= 15 is 0 Å². The molecule has 0 aromatic carbocycles. The summed E-state index contributed by atoms with van der Waals surface area (Å²) in [5.41, 5.74) is 5.47. The highest BCUT2D eigenvalue weighted by Gasteiger charge is 2.21. The number of nitrogens with zero attached hydrogens (tertiary/aromatic N) is 1. The molecule has 0 saturated carbocycles. The maximum Gasteiger partial charge on any atom is 0.0678 e. The third-order valence-corrected chi connectivity index (χ3v) is 3.42. The second kappa shape index (κ2) is 8.90. The first-order valence-corrected chi connectivity index (χ1v) is 7.30. The van der Waals surface area contributed by atoms with E-state index in [1.165, 1.54) is 45.1 Å². The Hall–Kier alpha value is -0.120. The van der Waals surface area contributed by atoms with Gasteiger partial charge < -0.3 is 10.5 Å². The molecule has 1 heterocycles. The van der Waals surface area contributed by atoms with Gasteiger partial charge >= 0.3 is 0 Å². The number of hydrogen-bond donors (Lipinski definition) is 1. The summed E-state index contributed by atoms with van der Waals surface area (Å²) in [7, 11) is 0. The van der Waals surface area contributed by atoms with Gasteiger partial charge in [-0.25, -0.2) is 0 Å². The van der Waals surface area contributed by atoms with Crippen LogP contribution in [0.5, 0.6) is 0 Å². The molecule has 0 aliphatic carbocycles. The molecule has 1 saturated heterocycles. The molecule has 0 unspecified atom stereocenters. The van der Waals surface area contributed by atoms with Crippen LogP contribution in [0.3, 0.4) is 0 Å². The van der Waals surface area contributed by atoms with E-state index in [0.717, 1.165) is 19.6 Å². The van der Waals surface area contributed by atoms with Crippen LogP contribution >= 0.6 is 0 Å². The summed E-state index contributed by atoms with van der Waals surface area (Å²) in [5, 5.41) is 0. The van der Waals surface area contributed by atoms with E-state index in [9.17, 15) is 0 Å². The highest BCUT2D eigenvalue weighted by molar-refractivity contribution is 4.72. The van der Waals surface area contributed by atoms with Crippen molar-refractivity contribution in [2.75, 3.05) is 26.2 Å². The molecule has 1 aliphatic heterocycles. The molecule has 102 valence electrons. The van der Waals surface area contributed by atoms with Crippen LogP contribution < -0.4 is 5.73 Å². The Morgan fingerprint density at radius 1 is 0.941 bits per heavy atom. The molecule has 17 heavy (non-hydrogen) atoms. The van der Waals surface area contributed by atoms with Crippen LogP contribution in [0.2, 0.25) is 0 Å². The van der Waals surface area contributed by atoms with Crippen molar-refractivity contribution < 1.29 is 4.74 Å². The molecule has 2 N–H and O–H groups in total. The van der Waals surface area contributed by atoms with Gasteiger partial charge in [0.15, 0.2) is 0 Å². The van der Waals surface area contributed by atoms with Gasteiger partial charge in [0.2, 0.25) is 0 Å². The number of unbranched alkanes of at least 4 members (excludes halogenated alkanes) is 5. The molecule has 0 aromatic rings. The van der Waals surface area contributed by atoms with Crippen LogP contribution in [-0.2, 0) is 4.74 Å². The molecule has 0 bridgehead atoms. The Morgan fingerprint density at radius 2 is 1.47 bits per heavy atom. The van der Waals surface area contributed by atoms with E-state index in [1.54, 1.807) is 0 Å². The van der Waals surface area contributed by atoms with E-state index in [-0.39, 0.29) is 0 Å². The monoisotopic (exact) mass is 242 g/mol. The lowest BCUT2D eigenvalue weighted by Crippen LogP contribution is -2.45. The molecule has 1 fully saturated rings. The van der Waals surface area contributed by atoms with Crippen molar-refractivity contribution in [1.82, 2.24) is 4.90 Å². The van der Waals surface area contributed by atoms with Crippen LogP contribution in [0.25, 0.3) is 0 Å². The van der Waals surface area contributed by atoms with Gasteiger partial charge in [0.05, 0.1) is 12.2 Å². The number of nitrogens with two attached hydrogens (primary N) is 1. The average molecular weight is 242 g/mol. The summed E-state index contributed by atoms with van der Waals surface area (Å²) in [6, 6.07) is 0. The van der Waals surface area contributed by atoms with Crippen LogP contribution in [0.15, 0.2) is 0 Å². The first-order valence-electron chi connectivity index (χ1n) is 7.30. The van der Waals surface area contributed by atoms with Crippen LogP contribution in [0.4, 0.5) is 0 Å². The normalized spacial score (nSPS) is 26.3. The summed E-state index contributed by atoms with van der Waals surface area (Å²) in [6.45, 7) is 8.67. The number of ether oxygens (including phenoxy) is 1. The average Bonchev–Trinajstić information content (AvgIpc) is 2.26. The van der Waals surface area contributed by atoms with Gasteiger partial charge in [-0.05, 0) is 39.8 Å². The minimum Gasteiger partial charge on any atom is -0.373 e. The van der Waals surface area contributed by atoms with Crippen molar-refractivity contribution in [1.29, 1.82) is 0 Å². The first-order chi connectivity index (χ1) is 8.22. The highest BCUT2D eigenvalue weighted by Crippen LogP contribution is 2.12. The summed E-state index contributed by atoms with van der Waals surface area (Å²) < 4.78 is 5.73. The van der Waals surface area contributed by atoms with E-state index in [0.29, 0.717) is 12.2 Å². The number of rotatable bonds is 8. The van der Waals surface area contributed by atoms with E-state index in [1.807, 2.05) is 0 Å². The van der Waals surface area contributed by atoms with Crippen LogP contribution in [-0.4, -0.2) is 43.3 Å². The lowest BCUT2D eigenvalue weighted by molar-refractivity contribution is -0.0681. The lowest BCUT2D eigenvalue weighted by Gasteiger charge is -2.35. The molecule has 2 atom stereocenters. The SMILES string of the molecule is C[C@H]1CN(CCCCCCCCN)C[C@H](C)O1. The fourth-order valence-corrected chi connectivity index (χ4v) is 2.65. The number of morpholine rings is 1. The zero-order valence-electron chi connectivity index (χ0n) is 11.7. The Labute approximate surface area is 107 Å². The largest absolute Gasteiger partial charge is 0.373 e. The highest BCUT2D eigenvalue weighted by atomic mass is 16.5. The molecular formula is C14H30N2O. The minimum absolute atomic E-state index is 0.406. The Kier molecular flexibility index (Phi) is 7.82. The molecule has 0 radical (unpaired) electrons. The number of hydrogen-bond acceptors (Lipinski definition) is 3. The fraction of sp³-hybridized carbons (Fsp3) is 1.00. The summed E-state index contributed by atoms with van der Waals surface area (Å²) in [6.07, 6.45) is 8.74. The smallest absolute Gasteiger partial charge is 0.0678 e. The summed E-state index contributed by atoms with van der Waals surface area (Å²) in [4.78, 5) is 2.55. The predicted molar refractivity (Wildman–Crippen MR) is 73.2 cm³/mol. The maximum absolute atomic E-state index is 5.73. The van der Waals surface area contributed by atoms with Crippen LogP contribution in [0, 0.1) is 0 Å². The molecule has 0 aromatic heterocycles. The van der Waals surface area contributed by atoms with Gasteiger partial charge in [-0.3, -0.25) is 4.90 Å². The van der Waals surface area contributed by atoms with Crippen molar-refractivity contribution in [3.8, 4) is 0 Å². The van der Waals surface area contributed by atoms with Crippen molar-refractivity contribution >= 4 is 0 Å². The molecule has 0 amide bonds. The van der Waals surface area contributed by atoms with Gasteiger partial charge in [-0.2, -0.15) is 0 Å². The van der Waals surface area contributed by atoms with Gasteiger partial charge in [-0.1, -0.05) is 25.7 Å². The first kappa shape index (κ1) is 14.9. The van der Waals surface area contributed by atoms with Gasteiger partial charge in [0, 0.05) is 13.1 Å². The Balaban J connectivity index is 1.95. The third kappa shape index (κ3) is 7.02. The Bertz CT molecular complexity index is 177. The maximum atomic E-state index is 5.73. The summed E-state index contributed by atoms with van der Waals surface area (Å²) in [5.74, 6) is 0. The zero-order chi connectivity index (χ0) is 12.5. The molecule has 1 rings (SSSR count). The van der Waals surface area contributed by atoms with Crippen molar-refractivity contribution in [3.63, 3.8) is 0 Å². The molecule has 1 aliphatic rings. The third-order valence-electron chi connectivity index (χ3n) is 3.42. The standard InChI is InChI=1S/C14H30N2O/c1-13-11-16(12-14(2)17-13)10-8-6-4-3-5-7-9-15/h13-14H,3-12,15H2,1-2H3/t13-,14-/m0/s1. The molecule has 3 nitrogen and oxygen atoms in total. The molecular weight excluding hydrogens is 212 g/mol. The topological polar surface area (TPSA) is 38.5 Å². The second-order valence-electron chi connectivity index (χ2n) is 5.43. The van der Waals surface area contributed by atoms with Gasteiger partial charge in [0.25, 0.3) is 0 Å². The van der Waals surface area contributed by atoms with E-state index in [4.69, 9.17) is 10.5 Å². The van der Waals surface area contributed by atoms with E-state index < -0.39 is 0 Å². The molecule has 3 heteroatoms. The van der Waals surface area contributed by atoms with Crippen molar-refractivity contribution in [2.45, 2.75) is 64.6 Å². The quantitative estimate of drug-likeness (QED) is 0.664. The van der Waals surface area contributed by atoms with Crippen molar-refractivity contribution in [3.05, 3.63) is 0 Å². The van der Waals surface area contributed by atoms with Gasteiger partial charge in [-0.15, -0.1) is 0 Å². The molecule has 0 spiro atoms. The zero-order valence-corrected chi connectivity index (χ0v) is 11.7. The predicted octanol–water partition coefficient (Wildman–Crippen LogP) is 2.39. The Morgan fingerprint density at radius 3 is 2.06 bits per heavy atom. The lowest BCUT2D eigenvalue weighted by atomic mass is 10.1. The summed E-state index contributed by atoms with van der Waals surface area (Å²) >= 11 is 0. The minimum atomic E-state index is 0.406. The van der Waals surface area contributed by atoms with Crippen LogP contribution in [0.1, 0.15) is 52.4 Å². The second-order valence-corrected chi connectivity index (χ2v) is 5.43. The van der Waals surface area contributed by atoms with Crippen molar-refractivity contribution in [2.24, 2.45) is 5.73 Å². The van der Waals surface area contributed by atoms with E-state index in [2.05, 4.69) is 18.7 Å². The fourth-order valence-electron chi connectivity index (χ4n) is 2.65.